The third-order valence-electron chi connectivity index (χ3n) is 5.61. The molecule has 0 N–H and O–H groups in total. The van der Waals surface area contributed by atoms with E-state index >= 15 is 0 Å². The van der Waals surface area contributed by atoms with Crippen LogP contribution < -0.4 is 4.90 Å². The number of carbonyl (C=O) groups is 1. The van der Waals surface area contributed by atoms with Gasteiger partial charge in [-0.1, -0.05) is 0 Å². The smallest absolute Gasteiger partial charge is 0.282 e. The van der Waals surface area contributed by atoms with Crippen LogP contribution in [0, 0.1) is 16.0 Å². The molecule has 7 heteroatoms. The van der Waals surface area contributed by atoms with Gasteiger partial charge in [0.2, 0.25) is 0 Å². The van der Waals surface area contributed by atoms with Gasteiger partial charge in [-0.05, 0) is 63.9 Å². The van der Waals surface area contributed by atoms with Crippen molar-refractivity contribution in [2.24, 2.45) is 5.92 Å². The molecule has 2 fully saturated rings. The number of piperidine rings is 1. The van der Waals surface area contributed by atoms with Crippen molar-refractivity contribution in [3.05, 3.63) is 33.9 Å². The van der Waals surface area contributed by atoms with Gasteiger partial charge in [-0.25, -0.2) is 0 Å². The van der Waals surface area contributed by atoms with E-state index in [1.807, 2.05) is 7.05 Å². The first-order valence-corrected chi connectivity index (χ1v) is 9.43. The maximum absolute atomic E-state index is 12.8. The molecule has 2 aliphatic heterocycles. The van der Waals surface area contributed by atoms with Crippen molar-refractivity contribution in [1.29, 1.82) is 0 Å². The third-order valence-corrected chi connectivity index (χ3v) is 5.61. The van der Waals surface area contributed by atoms with E-state index in [1.54, 1.807) is 17.0 Å². The predicted molar refractivity (Wildman–Crippen MR) is 102 cm³/mol. The average molecular weight is 360 g/mol. The summed E-state index contributed by atoms with van der Waals surface area (Å²) in [7, 11) is 4.15. The lowest BCUT2D eigenvalue weighted by molar-refractivity contribution is -0.385. The standard InChI is InChI=1S/C19H28N4O3/c1-20-11-7-15(8-12-20)14-21(2)16-5-6-18(23(25)26)17(13-16)19(24)22-9-3-4-10-22/h5-6,13,15H,3-4,7-12,14H2,1-2H3. The minimum atomic E-state index is -0.454. The molecule has 0 unspecified atom stereocenters. The van der Waals surface area contributed by atoms with Crippen molar-refractivity contribution < 1.29 is 9.72 Å². The summed E-state index contributed by atoms with van der Waals surface area (Å²) >= 11 is 0. The lowest BCUT2D eigenvalue weighted by atomic mass is 9.96. The topological polar surface area (TPSA) is 69.9 Å². The molecule has 7 nitrogen and oxygen atoms in total. The normalized spacial score (nSPS) is 18.9. The Hall–Kier alpha value is -2.15. The maximum atomic E-state index is 12.8. The van der Waals surface area contributed by atoms with Crippen LogP contribution in [0.4, 0.5) is 11.4 Å². The van der Waals surface area contributed by atoms with Crippen LogP contribution in [0.25, 0.3) is 0 Å². The number of nitro benzene ring substituents is 1. The van der Waals surface area contributed by atoms with E-state index in [1.165, 1.54) is 6.07 Å². The second-order valence-corrected chi connectivity index (χ2v) is 7.59. The fourth-order valence-corrected chi connectivity index (χ4v) is 3.92. The Morgan fingerprint density at radius 3 is 2.50 bits per heavy atom. The zero-order valence-corrected chi connectivity index (χ0v) is 15.7. The summed E-state index contributed by atoms with van der Waals surface area (Å²) in [5.41, 5.74) is 0.986. The number of benzene rings is 1. The summed E-state index contributed by atoms with van der Waals surface area (Å²) in [6.45, 7) is 4.50. The lowest BCUT2D eigenvalue weighted by Gasteiger charge is -2.32. The molecule has 1 amide bonds. The molecule has 2 saturated heterocycles. The maximum Gasteiger partial charge on any atom is 0.282 e. The summed E-state index contributed by atoms with van der Waals surface area (Å²) in [4.78, 5) is 29.9. The van der Waals surface area contributed by atoms with E-state index in [0.717, 1.165) is 51.0 Å². The molecule has 2 heterocycles. The van der Waals surface area contributed by atoms with Crippen LogP contribution >= 0.6 is 0 Å². The highest BCUT2D eigenvalue weighted by atomic mass is 16.6. The number of nitrogens with zero attached hydrogens (tertiary/aromatic N) is 4. The summed E-state index contributed by atoms with van der Waals surface area (Å²) in [5.74, 6) is 0.396. The quantitative estimate of drug-likeness (QED) is 0.596. The Morgan fingerprint density at radius 1 is 1.23 bits per heavy atom. The molecule has 0 spiro atoms. The number of anilines is 1. The monoisotopic (exact) mass is 360 g/mol. The van der Waals surface area contributed by atoms with Gasteiger partial charge in [-0.2, -0.15) is 0 Å². The van der Waals surface area contributed by atoms with Crippen LogP contribution in [0.3, 0.4) is 0 Å². The lowest BCUT2D eigenvalue weighted by Crippen LogP contribution is -2.35. The number of rotatable bonds is 5. The van der Waals surface area contributed by atoms with Gasteiger partial charge in [0.1, 0.15) is 5.56 Å². The van der Waals surface area contributed by atoms with Gasteiger partial charge in [0.05, 0.1) is 4.92 Å². The molecule has 26 heavy (non-hydrogen) atoms. The Labute approximate surface area is 154 Å². The largest absolute Gasteiger partial charge is 0.374 e. The van der Waals surface area contributed by atoms with Crippen molar-refractivity contribution >= 4 is 17.3 Å². The Morgan fingerprint density at radius 2 is 1.88 bits per heavy atom. The molecule has 3 rings (SSSR count). The highest BCUT2D eigenvalue weighted by Gasteiger charge is 2.28. The van der Waals surface area contributed by atoms with Crippen LogP contribution in [0.5, 0.6) is 0 Å². The Bertz CT molecular complexity index is 665. The number of nitro groups is 1. The molecular formula is C19H28N4O3. The van der Waals surface area contributed by atoms with E-state index < -0.39 is 4.92 Å². The van der Waals surface area contributed by atoms with Gasteiger partial charge in [0.25, 0.3) is 11.6 Å². The molecule has 1 aromatic carbocycles. The Kier molecular flexibility index (Phi) is 5.76. The van der Waals surface area contributed by atoms with Crippen molar-refractivity contribution in [1.82, 2.24) is 9.80 Å². The highest BCUT2D eigenvalue weighted by molar-refractivity contribution is 5.99. The van der Waals surface area contributed by atoms with Crippen LogP contribution in [-0.4, -0.2) is 67.4 Å². The summed E-state index contributed by atoms with van der Waals surface area (Å²) in [5, 5.41) is 11.4. The average Bonchev–Trinajstić information content (AvgIpc) is 3.17. The molecule has 0 bridgehead atoms. The van der Waals surface area contributed by atoms with E-state index in [0.29, 0.717) is 19.0 Å². The molecule has 0 aliphatic carbocycles. The van der Waals surface area contributed by atoms with Gasteiger partial charge in [-0.3, -0.25) is 14.9 Å². The zero-order valence-electron chi connectivity index (χ0n) is 15.7. The van der Waals surface area contributed by atoms with Crippen LogP contribution in [0.2, 0.25) is 0 Å². The minimum absolute atomic E-state index is 0.0988. The summed E-state index contributed by atoms with van der Waals surface area (Å²) < 4.78 is 0. The van der Waals surface area contributed by atoms with Crippen LogP contribution in [0.15, 0.2) is 18.2 Å². The van der Waals surface area contributed by atoms with E-state index in [2.05, 4.69) is 16.8 Å². The van der Waals surface area contributed by atoms with Gasteiger partial charge in [-0.15, -0.1) is 0 Å². The van der Waals surface area contributed by atoms with Crippen molar-refractivity contribution in [3.8, 4) is 0 Å². The molecule has 1 aromatic rings. The van der Waals surface area contributed by atoms with Crippen LogP contribution in [0.1, 0.15) is 36.0 Å². The number of hydrogen-bond acceptors (Lipinski definition) is 5. The van der Waals surface area contributed by atoms with Crippen LogP contribution in [-0.2, 0) is 0 Å². The fraction of sp³-hybridized carbons (Fsp3) is 0.632. The molecular weight excluding hydrogens is 332 g/mol. The van der Waals surface area contributed by atoms with Gasteiger partial charge < -0.3 is 14.7 Å². The summed E-state index contributed by atoms with van der Waals surface area (Å²) in [6.07, 6.45) is 4.26. The molecule has 0 radical (unpaired) electrons. The van der Waals surface area contributed by atoms with Gasteiger partial charge in [0.15, 0.2) is 0 Å². The molecule has 0 aromatic heterocycles. The number of amides is 1. The first-order valence-electron chi connectivity index (χ1n) is 9.43. The number of carbonyl (C=O) groups excluding carboxylic acids is 1. The first-order chi connectivity index (χ1) is 12.5. The predicted octanol–water partition coefficient (Wildman–Crippen LogP) is 2.61. The van der Waals surface area contributed by atoms with E-state index in [4.69, 9.17) is 0 Å². The van der Waals surface area contributed by atoms with E-state index in [-0.39, 0.29) is 17.2 Å². The SMILES string of the molecule is CN1CCC(CN(C)c2ccc([N+](=O)[O-])c(C(=O)N3CCCC3)c2)CC1. The van der Waals surface area contributed by atoms with Gasteiger partial charge in [0, 0.05) is 38.4 Å². The summed E-state index contributed by atoms with van der Waals surface area (Å²) in [6, 6.07) is 4.94. The Balaban J connectivity index is 1.78. The van der Waals surface area contributed by atoms with Gasteiger partial charge >= 0.3 is 0 Å². The van der Waals surface area contributed by atoms with Crippen molar-refractivity contribution in [2.45, 2.75) is 25.7 Å². The van der Waals surface area contributed by atoms with Crippen molar-refractivity contribution in [3.63, 3.8) is 0 Å². The molecule has 2 aliphatic rings. The second-order valence-electron chi connectivity index (χ2n) is 7.59. The molecule has 142 valence electrons. The van der Waals surface area contributed by atoms with E-state index in [9.17, 15) is 14.9 Å². The fourth-order valence-electron chi connectivity index (χ4n) is 3.92. The highest BCUT2D eigenvalue weighted by Crippen LogP contribution is 2.28. The first kappa shape index (κ1) is 18.6. The molecule has 0 saturated carbocycles. The third kappa shape index (κ3) is 4.15. The zero-order chi connectivity index (χ0) is 18.7. The number of likely N-dealkylation sites (tertiary alicyclic amines) is 2. The minimum Gasteiger partial charge on any atom is -0.374 e. The second kappa shape index (κ2) is 8.03. The molecule has 0 atom stereocenters. The number of hydrogen-bond donors (Lipinski definition) is 0. The van der Waals surface area contributed by atoms with Crippen molar-refractivity contribution in [2.75, 3.05) is 51.7 Å².